The molecule has 1 aromatic heterocycles. The van der Waals surface area contributed by atoms with Crippen molar-refractivity contribution in [2.75, 3.05) is 31.6 Å². The van der Waals surface area contributed by atoms with Gasteiger partial charge in [0.2, 0.25) is 5.91 Å². The van der Waals surface area contributed by atoms with Gasteiger partial charge in [0.25, 0.3) is 5.91 Å². The maximum Gasteiger partial charge on any atom is 0.306 e. The van der Waals surface area contributed by atoms with E-state index in [1.165, 1.54) is 0 Å². The van der Waals surface area contributed by atoms with Crippen LogP contribution in [0, 0.1) is 11.8 Å². The number of rotatable bonds is 9. The maximum atomic E-state index is 13.9. The van der Waals surface area contributed by atoms with E-state index in [0.29, 0.717) is 58.8 Å². The van der Waals surface area contributed by atoms with E-state index in [0.717, 1.165) is 49.7 Å². The Kier molecular flexibility index (Phi) is 9.94. The molecular weight excluding hydrogens is 627 g/mol. The lowest BCUT2D eigenvalue weighted by Gasteiger charge is -2.30. The molecular formula is C35H42Cl2N4O5. The third kappa shape index (κ3) is 7.08. The van der Waals surface area contributed by atoms with Crippen LogP contribution in [-0.4, -0.2) is 81.7 Å². The van der Waals surface area contributed by atoms with Gasteiger partial charge in [-0.1, -0.05) is 48.3 Å². The van der Waals surface area contributed by atoms with Crippen molar-refractivity contribution in [1.82, 2.24) is 14.4 Å². The minimum Gasteiger partial charge on any atom is -0.481 e. The van der Waals surface area contributed by atoms with E-state index < -0.39 is 5.97 Å². The number of hydrogen-bond donors (Lipinski definition) is 2. The number of hydrogen-bond acceptors (Lipinski definition) is 5. The van der Waals surface area contributed by atoms with Crippen LogP contribution < -0.4 is 5.32 Å². The number of ether oxygens (including phenoxy) is 1. The van der Waals surface area contributed by atoms with Gasteiger partial charge in [-0.2, -0.15) is 0 Å². The fourth-order valence-electron chi connectivity index (χ4n) is 7.44. The van der Waals surface area contributed by atoms with E-state index in [2.05, 4.69) is 17.1 Å². The van der Waals surface area contributed by atoms with Gasteiger partial charge < -0.3 is 24.6 Å². The largest absolute Gasteiger partial charge is 0.481 e. The number of carbonyl (C=O) groups excluding carboxylic acids is 2. The number of fused-ring (bicyclic) bond motifs is 1. The lowest BCUT2D eigenvalue weighted by Crippen LogP contribution is -2.41. The number of nitrogens with zero attached hydrogens (tertiary/aromatic N) is 3. The molecule has 11 heteroatoms. The van der Waals surface area contributed by atoms with E-state index in [-0.39, 0.29) is 42.3 Å². The molecule has 1 aliphatic carbocycles. The van der Waals surface area contributed by atoms with Crippen LogP contribution in [-0.2, 0) is 27.8 Å². The van der Waals surface area contributed by atoms with Crippen molar-refractivity contribution in [3.8, 4) is 0 Å². The molecule has 2 N–H and O–H groups in total. The zero-order chi connectivity index (χ0) is 32.5. The van der Waals surface area contributed by atoms with Crippen molar-refractivity contribution in [2.24, 2.45) is 18.9 Å². The van der Waals surface area contributed by atoms with Crippen LogP contribution in [0.4, 0.5) is 5.69 Å². The quantitative estimate of drug-likeness (QED) is 0.279. The lowest BCUT2D eigenvalue weighted by molar-refractivity contribution is -0.144. The number of carbonyl (C=O) groups is 3. The number of carboxylic acid groups (broad SMARTS) is 1. The molecule has 2 aliphatic heterocycles. The summed E-state index contributed by atoms with van der Waals surface area (Å²) < 4.78 is 8.23. The molecule has 3 heterocycles. The van der Waals surface area contributed by atoms with Crippen LogP contribution in [0.1, 0.15) is 61.4 Å². The SMILES string of the molecule is C[C@H]1CCN([C@H]2C[C@@H](CO[C@H]3CC[C@H](C(=O)O)CC3)N(C(=O)Cc3cc(Cl)c(NC(=O)c4cn(C)c5ccccc45)cc3Cl)C2)C1. The van der Waals surface area contributed by atoms with Gasteiger partial charge in [0.15, 0.2) is 0 Å². The minimum absolute atomic E-state index is 0.0169. The van der Waals surface area contributed by atoms with E-state index in [1.807, 2.05) is 40.8 Å². The van der Waals surface area contributed by atoms with Crippen molar-refractivity contribution < 1.29 is 24.2 Å². The Labute approximate surface area is 279 Å². The number of para-hydroxylation sites is 1. The van der Waals surface area contributed by atoms with Gasteiger partial charge in [-0.25, -0.2) is 0 Å². The van der Waals surface area contributed by atoms with E-state index >= 15 is 0 Å². The monoisotopic (exact) mass is 668 g/mol. The van der Waals surface area contributed by atoms with Gasteiger partial charge in [-0.3, -0.25) is 19.3 Å². The van der Waals surface area contributed by atoms with Crippen LogP contribution in [0.25, 0.3) is 10.9 Å². The van der Waals surface area contributed by atoms with Gasteiger partial charge in [-0.15, -0.1) is 0 Å². The predicted molar refractivity (Wildman–Crippen MR) is 180 cm³/mol. The second kappa shape index (κ2) is 13.9. The number of halogens is 2. The number of likely N-dealkylation sites (tertiary alicyclic amines) is 2. The van der Waals surface area contributed by atoms with Crippen LogP contribution in [0.3, 0.4) is 0 Å². The van der Waals surface area contributed by atoms with Crippen LogP contribution in [0.5, 0.6) is 0 Å². The summed E-state index contributed by atoms with van der Waals surface area (Å²) in [6.07, 6.45) is 6.59. The topological polar surface area (TPSA) is 104 Å². The summed E-state index contributed by atoms with van der Waals surface area (Å²) in [7, 11) is 1.89. The van der Waals surface area contributed by atoms with Crippen molar-refractivity contribution in [1.29, 1.82) is 0 Å². The van der Waals surface area contributed by atoms with E-state index in [4.69, 9.17) is 27.9 Å². The number of benzene rings is 2. The summed E-state index contributed by atoms with van der Waals surface area (Å²) in [5.74, 6) is -0.710. The fraction of sp³-hybridized carbons (Fsp3) is 0.514. The van der Waals surface area contributed by atoms with Gasteiger partial charge in [0.1, 0.15) is 0 Å². The van der Waals surface area contributed by atoms with Crippen LogP contribution >= 0.6 is 23.2 Å². The first kappa shape index (κ1) is 32.8. The first-order valence-corrected chi connectivity index (χ1v) is 17.0. The standard InChI is InChI=1S/C35H42Cl2N4O5/c1-21-11-12-40(17-21)24-15-25(20-46-26-9-7-22(8-10-26)35(44)45)41(18-24)33(42)14-23-13-30(37)31(16-29(23)36)38-34(43)28-19-39(2)32-6-4-3-5-27(28)32/h3-6,13,16,19,21-22,24-26H,7-12,14-15,17-18,20H2,1-2H3,(H,38,43)(H,44,45)/t21-,22-,24-,25-,26-/m0/s1. The Morgan fingerprint density at radius 1 is 1.02 bits per heavy atom. The first-order chi connectivity index (χ1) is 22.1. The number of aryl methyl sites for hydroxylation is 1. The molecule has 0 radical (unpaired) electrons. The third-order valence-electron chi connectivity index (χ3n) is 10.1. The number of aromatic nitrogens is 1. The van der Waals surface area contributed by atoms with Gasteiger partial charge in [-0.05, 0) is 74.8 Å². The van der Waals surface area contributed by atoms with E-state index in [9.17, 15) is 19.5 Å². The summed E-state index contributed by atoms with van der Waals surface area (Å²) in [6.45, 7) is 5.41. The molecule has 2 saturated heterocycles. The fourth-order valence-corrected chi connectivity index (χ4v) is 7.90. The number of anilines is 1. The highest BCUT2D eigenvalue weighted by molar-refractivity contribution is 6.36. The number of nitrogens with one attached hydrogen (secondary N) is 1. The average molecular weight is 670 g/mol. The number of amides is 2. The minimum atomic E-state index is -0.729. The molecule has 0 bridgehead atoms. The molecule has 3 aromatic rings. The van der Waals surface area contributed by atoms with Crippen LogP contribution in [0.2, 0.25) is 10.0 Å². The highest BCUT2D eigenvalue weighted by Crippen LogP contribution is 2.34. The van der Waals surface area contributed by atoms with Crippen molar-refractivity contribution in [3.63, 3.8) is 0 Å². The highest BCUT2D eigenvalue weighted by Gasteiger charge is 2.40. The highest BCUT2D eigenvalue weighted by atomic mass is 35.5. The third-order valence-corrected chi connectivity index (χ3v) is 10.8. The van der Waals surface area contributed by atoms with E-state index in [1.54, 1.807) is 18.3 Å². The van der Waals surface area contributed by atoms with Crippen molar-refractivity contribution in [2.45, 2.75) is 70.1 Å². The molecule has 246 valence electrons. The molecule has 3 atom stereocenters. The summed E-state index contributed by atoms with van der Waals surface area (Å²) in [5.41, 5.74) is 2.46. The zero-order valence-electron chi connectivity index (χ0n) is 26.4. The summed E-state index contributed by atoms with van der Waals surface area (Å²) in [6, 6.07) is 11.2. The number of carboxylic acids is 1. The molecule has 0 spiro atoms. The Balaban J connectivity index is 1.13. The molecule has 3 aliphatic rings. The zero-order valence-corrected chi connectivity index (χ0v) is 27.9. The van der Waals surface area contributed by atoms with Gasteiger partial charge in [0.05, 0.1) is 47.4 Å². The lowest BCUT2D eigenvalue weighted by atomic mass is 9.87. The molecule has 0 unspecified atom stereocenters. The van der Waals surface area contributed by atoms with Crippen molar-refractivity contribution >= 4 is 57.6 Å². The molecule has 2 aromatic carbocycles. The second-order valence-corrected chi connectivity index (χ2v) is 14.2. The predicted octanol–water partition coefficient (Wildman–Crippen LogP) is 6.25. The molecule has 2 amide bonds. The second-order valence-electron chi connectivity index (χ2n) is 13.3. The van der Waals surface area contributed by atoms with Crippen LogP contribution in [0.15, 0.2) is 42.6 Å². The normalized spacial score (nSPS) is 25.3. The Morgan fingerprint density at radius 2 is 1.78 bits per heavy atom. The average Bonchev–Trinajstić information content (AvgIpc) is 3.76. The Morgan fingerprint density at radius 3 is 2.50 bits per heavy atom. The summed E-state index contributed by atoms with van der Waals surface area (Å²) >= 11 is 13.4. The molecule has 6 rings (SSSR count). The van der Waals surface area contributed by atoms with Crippen molar-refractivity contribution in [3.05, 3.63) is 63.8 Å². The summed E-state index contributed by atoms with van der Waals surface area (Å²) in [4.78, 5) is 42.9. The molecule has 9 nitrogen and oxygen atoms in total. The Hall–Kier alpha value is -3.11. The smallest absolute Gasteiger partial charge is 0.306 e. The van der Waals surface area contributed by atoms with Gasteiger partial charge >= 0.3 is 5.97 Å². The summed E-state index contributed by atoms with van der Waals surface area (Å²) in [5, 5.41) is 13.7. The van der Waals surface area contributed by atoms with Gasteiger partial charge in [0, 0.05) is 48.3 Å². The molecule has 3 fully saturated rings. The molecule has 46 heavy (non-hydrogen) atoms. The Bertz CT molecular complexity index is 1620. The number of aliphatic carboxylic acids is 1. The molecule has 1 saturated carbocycles. The maximum absolute atomic E-state index is 13.9. The first-order valence-electron chi connectivity index (χ1n) is 16.3.